The van der Waals surface area contributed by atoms with Crippen molar-refractivity contribution in [1.82, 2.24) is 4.90 Å². The predicted octanol–water partition coefficient (Wildman–Crippen LogP) is 3.86. The van der Waals surface area contributed by atoms with Crippen LogP contribution in [0.2, 0.25) is 5.02 Å². The fourth-order valence-electron chi connectivity index (χ4n) is 2.15. The van der Waals surface area contributed by atoms with E-state index in [1.165, 1.54) is 19.1 Å². The molecule has 0 atom stereocenters. The SMILES string of the molecule is CC(=O)N(CCC(=O)Nc1ccc(Cl)cc1)Cc1ccc(F)cc1. The molecule has 0 radical (unpaired) electrons. The molecule has 0 aliphatic rings. The molecule has 0 unspecified atom stereocenters. The molecule has 24 heavy (non-hydrogen) atoms. The third-order valence-electron chi connectivity index (χ3n) is 3.47. The molecule has 0 saturated carbocycles. The first-order valence-corrected chi connectivity index (χ1v) is 7.87. The van der Waals surface area contributed by atoms with E-state index in [-0.39, 0.29) is 30.6 Å². The lowest BCUT2D eigenvalue weighted by Crippen LogP contribution is -2.31. The van der Waals surface area contributed by atoms with E-state index in [0.717, 1.165) is 5.56 Å². The Morgan fingerprint density at radius 1 is 1.08 bits per heavy atom. The summed E-state index contributed by atoms with van der Waals surface area (Å²) in [6.07, 6.45) is 0.170. The summed E-state index contributed by atoms with van der Waals surface area (Å²) in [4.78, 5) is 25.3. The second-order valence-electron chi connectivity index (χ2n) is 5.37. The molecule has 0 aliphatic carbocycles. The van der Waals surface area contributed by atoms with Gasteiger partial charge in [0.2, 0.25) is 11.8 Å². The summed E-state index contributed by atoms with van der Waals surface area (Å²) in [7, 11) is 0. The largest absolute Gasteiger partial charge is 0.338 e. The first-order valence-electron chi connectivity index (χ1n) is 7.49. The second kappa shape index (κ2) is 8.45. The molecule has 0 heterocycles. The molecule has 0 spiro atoms. The van der Waals surface area contributed by atoms with E-state index in [2.05, 4.69) is 5.32 Å². The van der Waals surface area contributed by atoms with Gasteiger partial charge in [-0.05, 0) is 42.0 Å². The van der Waals surface area contributed by atoms with Crippen LogP contribution < -0.4 is 5.32 Å². The Morgan fingerprint density at radius 3 is 2.29 bits per heavy atom. The lowest BCUT2D eigenvalue weighted by molar-refractivity contribution is -0.129. The quantitative estimate of drug-likeness (QED) is 0.861. The van der Waals surface area contributed by atoms with Crippen LogP contribution in [0.25, 0.3) is 0 Å². The minimum absolute atomic E-state index is 0.140. The van der Waals surface area contributed by atoms with Crippen molar-refractivity contribution in [2.75, 3.05) is 11.9 Å². The first-order chi connectivity index (χ1) is 11.4. The highest BCUT2D eigenvalue weighted by atomic mass is 35.5. The average Bonchev–Trinajstić information content (AvgIpc) is 2.55. The Kier molecular flexibility index (Phi) is 6.32. The van der Waals surface area contributed by atoms with Crippen molar-refractivity contribution in [3.8, 4) is 0 Å². The van der Waals surface area contributed by atoms with Crippen molar-refractivity contribution >= 4 is 29.1 Å². The summed E-state index contributed by atoms with van der Waals surface area (Å²) in [6, 6.07) is 12.7. The molecule has 4 nitrogen and oxygen atoms in total. The molecular weight excluding hydrogens is 331 g/mol. The molecule has 2 aromatic carbocycles. The maximum Gasteiger partial charge on any atom is 0.226 e. The van der Waals surface area contributed by atoms with Crippen LogP contribution >= 0.6 is 11.6 Å². The summed E-state index contributed by atoms with van der Waals surface area (Å²) < 4.78 is 12.9. The van der Waals surface area contributed by atoms with Gasteiger partial charge in [0.15, 0.2) is 0 Å². The van der Waals surface area contributed by atoms with Crippen molar-refractivity contribution in [2.45, 2.75) is 19.9 Å². The summed E-state index contributed by atoms with van der Waals surface area (Å²) in [5, 5.41) is 3.34. The van der Waals surface area contributed by atoms with E-state index < -0.39 is 0 Å². The van der Waals surface area contributed by atoms with Gasteiger partial charge in [-0.2, -0.15) is 0 Å². The number of halogens is 2. The van der Waals surface area contributed by atoms with Crippen LogP contribution in [0.5, 0.6) is 0 Å². The van der Waals surface area contributed by atoms with Gasteiger partial charge < -0.3 is 10.2 Å². The van der Waals surface area contributed by atoms with Crippen LogP contribution in [0.4, 0.5) is 10.1 Å². The summed E-state index contributed by atoms with van der Waals surface area (Å²) in [5.74, 6) is -0.656. The Morgan fingerprint density at radius 2 is 1.71 bits per heavy atom. The number of hydrogen-bond donors (Lipinski definition) is 1. The van der Waals surface area contributed by atoms with Crippen LogP contribution in [0.1, 0.15) is 18.9 Å². The lowest BCUT2D eigenvalue weighted by atomic mass is 10.2. The maximum atomic E-state index is 12.9. The second-order valence-corrected chi connectivity index (χ2v) is 5.81. The molecular formula is C18H18ClFN2O2. The van der Waals surface area contributed by atoms with Crippen molar-refractivity contribution in [3.05, 3.63) is 64.9 Å². The summed E-state index contributed by atoms with van der Waals surface area (Å²) in [5.41, 5.74) is 1.46. The molecule has 2 rings (SSSR count). The molecule has 2 aromatic rings. The minimum Gasteiger partial charge on any atom is -0.338 e. The Bertz CT molecular complexity index is 702. The zero-order valence-corrected chi connectivity index (χ0v) is 14.0. The van der Waals surface area contributed by atoms with Crippen LogP contribution in [0.3, 0.4) is 0 Å². The number of hydrogen-bond acceptors (Lipinski definition) is 2. The zero-order chi connectivity index (χ0) is 17.5. The van der Waals surface area contributed by atoms with Gasteiger partial charge in [0.1, 0.15) is 5.82 Å². The molecule has 0 bridgehead atoms. The molecule has 0 aliphatic heterocycles. The number of rotatable bonds is 6. The Labute approximate surface area is 145 Å². The zero-order valence-electron chi connectivity index (χ0n) is 13.3. The molecule has 0 fully saturated rings. The Hall–Kier alpha value is -2.40. The smallest absolute Gasteiger partial charge is 0.226 e. The fraction of sp³-hybridized carbons (Fsp3) is 0.222. The van der Waals surface area contributed by atoms with E-state index in [4.69, 9.17) is 11.6 Å². The summed E-state index contributed by atoms with van der Waals surface area (Å²) in [6.45, 7) is 2.07. The van der Waals surface area contributed by atoms with Crippen molar-refractivity contribution in [1.29, 1.82) is 0 Å². The number of carbonyl (C=O) groups excluding carboxylic acids is 2. The molecule has 126 valence electrons. The molecule has 1 N–H and O–H groups in total. The van der Waals surface area contributed by atoms with E-state index in [1.54, 1.807) is 41.3 Å². The highest BCUT2D eigenvalue weighted by molar-refractivity contribution is 6.30. The number of carbonyl (C=O) groups is 2. The van der Waals surface area contributed by atoms with Gasteiger partial charge in [0.25, 0.3) is 0 Å². The predicted molar refractivity (Wildman–Crippen MR) is 92.2 cm³/mol. The highest BCUT2D eigenvalue weighted by Gasteiger charge is 2.12. The third-order valence-corrected chi connectivity index (χ3v) is 3.72. The number of anilines is 1. The number of benzene rings is 2. The molecule has 0 saturated heterocycles. The van der Waals surface area contributed by atoms with E-state index >= 15 is 0 Å². The van der Waals surface area contributed by atoms with Gasteiger partial charge in [-0.3, -0.25) is 9.59 Å². The third kappa shape index (κ3) is 5.66. The number of nitrogens with zero attached hydrogens (tertiary/aromatic N) is 1. The van der Waals surface area contributed by atoms with Gasteiger partial charge in [-0.1, -0.05) is 23.7 Å². The molecule has 6 heteroatoms. The average molecular weight is 349 g/mol. The lowest BCUT2D eigenvalue weighted by Gasteiger charge is -2.21. The molecule has 0 aromatic heterocycles. The van der Waals surface area contributed by atoms with Crippen LogP contribution in [0, 0.1) is 5.82 Å². The van der Waals surface area contributed by atoms with E-state index in [9.17, 15) is 14.0 Å². The topological polar surface area (TPSA) is 49.4 Å². The van der Waals surface area contributed by atoms with E-state index in [1.807, 2.05) is 0 Å². The van der Waals surface area contributed by atoms with Gasteiger partial charge in [0.05, 0.1) is 0 Å². The standard InChI is InChI=1S/C18H18ClFN2O2/c1-13(23)22(12-14-2-6-16(20)7-3-14)11-10-18(24)21-17-8-4-15(19)5-9-17/h2-9H,10-12H2,1H3,(H,21,24). The van der Waals surface area contributed by atoms with Crippen molar-refractivity contribution in [3.63, 3.8) is 0 Å². The normalized spacial score (nSPS) is 10.3. The number of amides is 2. The highest BCUT2D eigenvalue weighted by Crippen LogP contribution is 2.14. The van der Waals surface area contributed by atoms with Gasteiger partial charge in [0, 0.05) is 37.1 Å². The summed E-state index contributed by atoms with van der Waals surface area (Å²) >= 11 is 5.79. The minimum atomic E-state index is -0.324. The Balaban J connectivity index is 1.88. The van der Waals surface area contributed by atoms with Crippen LogP contribution in [0.15, 0.2) is 48.5 Å². The molecule has 2 amide bonds. The monoisotopic (exact) mass is 348 g/mol. The van der Waals surface area contributed by atoms with Gasteiger partial charge in [-0.15, -0.1) is 0 Å². The van der Waals surface area contributed by atoms with Crippen LogP contribution in [-0.4, -0.2) is 23.3 Å². The van der Waals surface area contributed by atoms with Gasteiger partial charge in [-0.25, -0.2) is 4.39 Å². The maximum absolute atomic E-state index is 12.9. The van der Waals surface area contributed by atoms with Crippen molar-refractivity contribution in [2.24, 2.45) is 0 Å². The van der Waals surface area contributed by atoms with Gasteiger partial charge >= 0.3 is 0 Å². The first kappa shape index (κ1) is 17.9. The number of nitrogens with one attached hydrogen (secondary N) is 1. The van der Waals surface area contributed by atoms with Crippen molar-refractivity contribution < 1.29 is 14.0 Å². The fourth-order valence-corrected chi connectivity index (χ4v) is 2.28. The van der Waals surface area contributed by atoms with E-state index in [0.29, 0.717) is 17.3 Å². The van der Waals surface area contributed by atoms with Crippen LogP contribution in [-0.2, 0) is 16.1 Å².